The van der Waals surface area contributed by atoms with Crippen LogP contribution in [0.3, 0.4) is 0 Å². The van der Waals surface area contributed by atoms with Gasteiger partial charge in [-0.3, -0.25) is 4.79 Å². The summed E-state index contributed by atoms with van der Waals surface area (Å²) in [7, 11) is 0.877. The van der Waals surface area contributed by atoms with E-state index in [0.29, 0.717) is 32.1 Å². The number of rotatable bonds is 6. The van der Waals surface area contributed by atoms with E-state index in [9.17, 15) is 22.8 Å². The standard InChI is InChI=1S/C30H39F3O5/c1-19-13-14-24(38-26(35)29(36-7,30(31,32)33)22-11-9-8-10-12-22)28(6)16-15-21(17-23(19)28)20(2)18-37-25(34)27(3,4)5/h8-12,23-24H,1,13-18H2,2-7H3/b21-20+/t23-,24+,28+,29-/m1/s1. The summed E-state index contributed by atoms with van der Waals surface area (Å²) in [5.74, 6) is -1.81. The molecule has 0 aliphatic heterocycles. The highest BCUT2D eigenvalue weighted by molar-refractivity contribution is 5.83. The zero-order valence-electron chi connectivity index (χ0n) is 23.2. The van der Waals surface area contributed by atoms with Crippen LogP contribution in [0.2, 0.25) is 0 Å². The van der Waals surface area contributed by atoms with Crippen molar-refractivity contribution in [3.63, 3.8) is 0 Å². The van der Waals surface area contributed by atoms with Crippen LogP contribution in [0, 0.1) is 16.7 Å². The van der Waals surface area contributed by atoms with E-state index in [1.165, 1.54) is 24.3 Å². The van der Waals surface area contributed by atoms with Crippen LogP contribution in [-0.4, -0.2) is 37.9 Å². The third kappa shape index (κ3) is 5.56. The van der Waals surface area contributed by atoms with Gasteiger partial charge in [0.1, 0.15) is 12.7 Å². The van der Waals surface area contributed by atoms with Gasteiger partial charge in [-0.25, -0.2) is 4.79 Å². The van der Waals surface area contributed by atoms with Crippen molar-refractivity contribution in [3.8, 4) is 0 Å². The van der Waals surface area contributed by atoms with E-state index >= 15 is 0 Å². The molecule has 0 unspecified atom stereocenters. The monoisotopic (exact) mass is 536 g/mol. The van der Waals surface area contributed by atoms with Crippen LogP contribution in [0.25, 0.3) is 0 Å². The maximum atomic E-state index is 14.4. The van der Waals surface area contributed by atoms with Crippen molar-refractivity contribution in [2.45, 2.75) is 84.6 Å². The largest absolute Gasteiger partial charge is 0.461 e. The van der Waals surface area contributed by atoms with Gasteiger partial charge in [0.15, 0.2) is 0 Å². The summed E-state index contributed by atoms with van der Waals surface area (Å²) in [5, 5.41) is 0. The number of carbonyl (C=O) groups excluding carboxylic acids is 2. The van der Waals surface area contributed by atoms with Crippen molar-refractivity contribution >= 4 is 11.9 Å². The quantitative estimate of drug-likeness (QED) is 0.288. The molecule has 0 spiro atoms. The lowest BCUT2D eigenvalue weighted by molar-refractivity contribution is -0.281. The number of allylic oxidation sites excluding steroid dienone is 2. The number of hydrogen-bond donors (Lipinski definition) is 0. The Kier molecular flexibility index (Phi) is 8.56. The molecule has 0 amide bonds. The average Bonchev–Trinajstić information content (AvgIpc) is 2.84. The summed E-state index contributed by atoms with van der Waals surface area (Å²) in [6, 6.07) is 6.88. The second kappa shape index (κ2) is 10.9. The first-order chi connectivity index (χ1) is 17.6. The maximum absolute atomic E-state index is 14.4. The Morgan fingerprint density at radius 2 is 1.71 bits per heavy atom. The molecule has 8 heteroatoms. The molecule has 0 heterocycles. The number of carbonyl (C=O) groups is 2. The highest BCUT2D eigenvalue weighted by Crippen LogP contribution is 2.55. The molecule has 3 rings (SSSR count). The van der Waals surface area contributed by atoms with Crippen molar-refractivity contribution in [1.29, 1.82) is 0 Å². The fourth-order valence-corrected chi connectivity index (χ4v) is 5.67. The Balaban J connectivity index is 1.85. The van der Waals surface area contributed by atoms with Crippen LogP contribution >= 0.6 is 0 Å². The van der Waals surface area contributed by atoms with E-state index in [0.717, 1.165) is 23.8 Å². The van der Waals surface area contributed by atoms with Crippen LogP contribution < -0.4 is 0 Å². The minimum absolute atomic E-state index is 0.0781. The molecular weight excluding hydrogens is 497 g/mol. The predicted molar refractivity (Wildman–Crippen MR) is 138 cm³/mol. The Morgan fingerprint density at radius 1 is 1.08 bits per heavy atom. The molecule has 2 saturated carbocycles. The summed E-state index contributed by atoms with van der Waals surface area (Å²) < 4.78 is 59.4. The lowest BCUT2D eigenvalue weighted by Crippen LogP contribution is -2.55. The summed E-state index contributed by atoms with van der Waals surface area (Å²) >= 11 is 0. The van der Waals surface area contributed by atoms with Crippen LogP contribution in [0.5, 0.6) is 0 Å². The van der Waals surface area contributed by atoms with Crippen LogP contribution in [0.15, 0.2) is 53.6 Å². The van der Waals surface area contributed by atoms with Crippen LogP contribution in [-0.2, 0) is 29.4 Å². The molecule has 1 aromatic carbocycles. The zero-order chi connectivity index (χ0) is 28.5. The second-order valence-electron chi connectivity index (χ2n) is 11.8. The second-order valence-corrected chi connectivity index (χ2v) is 11.8. The van der Waals surface area contributed by atoms with Gasteiger partial charge in [0.25, 0.3) is 5.60 Å². The number of methoxy groups -OCH3 is 1. The summed E-state index contributed by atoms with van der Waals surface area (Å²) in [6.07, 6.45) is -2.91. The van der Waals surface area contributed by atoms with Crippen molar-refractivity contribution in [2.24, 2.45) is 16.7 Å². The van der Waals surface area contributed by atoms with Crippen molar-refractivity contribution in [3.05, 3.63) is 59.2 Å². The molecule has 2 aliphatic carbocycles. The third-order valence-electron chi connectivity index (χ3n) is 8.23. The average molecular weight is 537 g/mol. The van der Waals surface area contributed by atoms with E-state index < -0.39 is 34.7 Å². The normalized spacial score (nSPS) is 27.1. The van der Waals surface area contributed by atoms with Gasteiger partial charge in [-0.2, -0.15) is 13.2 Å². The molecule has 0 radical (unpaired) electrons. The molecule has 0 bridgehead atoms. The molecular formula is C30H39F3O5. The van der Waals surface area contributed by atoms with Gasteiger partial charge in [-0.1, -0.05) is 55.0 Å². The maximum Gasteiger partial charge on any atom is 0.432 e. The molecule has 210 valence electrons. The van der Waals surface area contributed by atoms with Crippen molar-refractivity contribution in [1.82, 2.24) is 0 Å². The number of ether oxygens (including phenoxy) is 3. The predicted octanol–water partition coefficient (Wildman–Crippen LogP) is 7.06. The van der Waals surface area contributed by atoms with Gasteiger partial charge >= 0.3 is 18.1 Å². The van der Waals surface area contributed by atoms with Crippen molar-refractivity contribution < 1.29 is 37.0 Å². The lowest BCUT2D eigenvalue weighted by atomic mass is 9.56. The molecule has 0 N–H and O–H groups in total. The topological polar surface area (TPSA) is 61.8 Å². The minimum atomic E-state index is -5.02. The Bertz CT molecular complexity index is 1090. The molecule has 2 aliphatic rings. The molecule has 1 aromatic rings. The van der Waals surface area contributed by atoms with E-state index in [2.05, 4.69) is 6.58 Å². The SMILES string of the molecule is C=C1CC[C@H](OC(=O)[C@](OC)(c2ccccc2)C(F)(F)F)[C@@]2(C)CC/C(=C(/C)COC(=O)C(C)(C)C)C[C@H]12. The van der Waals surface area contributed by atoms with Crippen LogP contribution in [0.4, 0.5) is 13.2 Å². The number of benzene rings is 1. The van der Waals surface area contributed by atoms with E-state index in [1.807, 2.05) is 13.8 Å². The molecule has 38 heavy (non-hydrogen) atoms. The first-order valence-corrected chi connectivity index (χ1v) is 13.0. The Hall–Kier alpha value is -2.61. The number of hydrogen-bond acceptors (Lipinski definition) is 5. The number of fused-ring (bicyclic) bond motifs is 1. The van der Waals surface area contributed by atoms with Crippen molar-refractivity contribution in [2.75, 3.05) is 13.7 Å². The van der Waals surface area contributed by atoms with E-state index in [4.69, 9.17) is 14.2 Å². The van der Waals surface area contributed by atoms with Gasteiger partial charge in [0.05, 0.1) is 5.41 Å². The number of alkyl halides is 3. The fraction of sp³-hybridized carbons (Fsp3) is 0.600. The van der Waals surface area contributed by atoms with Crippen LogP contribution in [0.1, 0.15) is 72.3 Å². The van der Waals surface area contributed by atoms with E-state index in [1.54, 1.807) is 26.8 Å². The summed E-state index contributed by atoms with van der Waals surface area (Å²) in [4.78, 5) is 25.6. The van der Waals surface area contributed by atoms with Gasteiger partial charge in [-0.05, 0) is 71.3 Å². The van der Waals surface area contributed by atoms with Gasteiger partial charge in [0.2, 0.25) is 0 Å². The van der Waals surface area contributed by atoms with Gasteiger partial charge in [0, 0.05) is 18.1 Å². The van der Waals surface area contributed by atoms with Gasteiger partial charge < -0.3 is 14.2 Å². The molecule has 2 fully saturated rings. The summed E-state index contributed by atoms with van der Waals surface area (Å²) in [5.41, 5.74) is -1.62. The highest BCUT2D eigenvalue weighted by Gasteiger charge is 2.65. The molecule has 0 aromatic heterocycles. The first kappa shape index (κ1) is 29.9. The smallest absolute Gasteiger partial charge is 0.432 e. The third-order valence-corrected chi connectivity index (χ3v) is 8.23. The minimum Gasteiger partial charge on any atom is -0.461 e. The Morgan fingerprint density at radius 3 is 2.26 bits per heavy atom. The van der Waals surface area contributed by atoms with E-state index in [-0.39, 0.29) is 24.1 Å². The zero-order valence-corrected chi connectivity index (χ0v) is 23.2. The number of esters is 2. The molecule has 4 atom stereocenters. The first-order valence-electron chi connectivity index (χ1n) is 13.0. The number of halogens is 3. The molecule has 0 saturated heterocycles. The molecule has 5 nitrogen and oxygen atoms in total. The summed E-state index contributed by atoms with van der Waals surface area (Å²) in [6.45, 7) is 13.7. The Labute approximate surface area is 223 Å². The fourth-order valence-electron chi connectivity index (χ4n) is 5.67. The van der Waals surface area contributed by atoms with Gasteiger partial charge in [-0.15, -0.1) is 0 Å². The lowest BCUT2D eigenvalue weighted by Gasteiger charge is -2.51. The highest BCUT2D eigenvalue weighted by atomic mass is 19.4.